The summed E-state index contributed by atoms with van der Waals surface area (Å²) in [6, 6.07) is 17.7. The van der Waals surface area contributed by atoms with Gasteiger partial charge in [-0.1, -0.05) is 30.3 Å². The minimum absolute atomic E-state index is 0.128. The van der Waals surface area contributed by atoms with Crippen molar-refractivity contribution in [1.29, 1.82) is 0 Å². The number of methoxy groups -OCH3 is 2. The Morgan fingerprint density at radius 2 is 1.81 bits per heavy atom. The van der Waals surface area contributed by atoms with E-state index in [1.807, 2.05) is 47.8 Å². The Hall–Kier alpha value is -3.98. The molecule has 0 bridgehead atoms. The van der Waals surface area contributed by atoms with Gasteiger partial charge in [0.15, 0.2) is 16.6 Å². The smallest absolute Gasteiger partial charge is 0.277 e. The second kappa shape index (κ2) is 9.44. The Morgan fingerprint density at radius 3 is 2.56 bits per heavy atom. The number of nitrogens with zero attached hydrogens (tertiary/aromatic N) is 3. The van der Waals surface area contributed by atoms with Gasteiger partial charge in [-0.25, -0.2) is 9.67 Å². The molecule has 162 valence electrons. The summed E-state index contributed by atoms with van der Waals surface area (Å²) >= 11 is 1.29. The molecule has 0 aliphatic heterocycles. The molecule has 2 heterocycles. The number of benzene rings is 2. The molecule has 0 spiro atoms. The molecule has 2 aromatic carbocycles. The molecule has 0 unspecified atom stereocenters. The average molecular weight is 449 g/mol. The Morgan fingerprint density at radius 1 is 1.03 bits per heavy atom. The summed E-state index contributed by atoms with van der Waals surface area (Å²) in [6.07, 6.45) is 0. The lowest BCUT2D eigenvalue weighted by atomic mass is 10.1. The van der Waals surface area contributed by atoms with Crippen molar-refractivity contribution in [3.05, 3.63) is 87.7 Å². The van der Waals surface area contributed by atoms with E-state index in [0.29, 0.717) is 22.3 Å². The molecule has 2 aromatic heterocycles. The maximum atomic E-state index is 12.7. The number of aromatic nitrogens is 3. The van der Waals surface area contributed by atoms with E-state index < -0.39 is 5.91 Å². The van der Waals surface area contributed by atoms with Crippen LogP contribution in [0.15, 0.2) is 70.8 Å². The second-order valence-electron chi connectivity index (χ2n) is 6.76. The van der Waals surface area contributed by atoms with Crippen molar-refractivity contribution < 1.29 is 14.3 Å². The van der Waals surface area contributed by atoms with Gasteiger partial charge in [0, 0.05) is 17.0 Å². The SMILES string of the molecule is COc1ccc(-c2csc(NC(=O)c3ccc(=O)n(Cc4ccccc4)n3)n2)cc1OC. The number of carbonyl (C=O) groups is 1. The van der Waals surface area contributed by atoms with Gasteiger partial charge in [-0.05, 0) is 29.8 Å². The van der Waals surface area contributed by atoms with Gasteiger partial charge >= 0.3 is 0 Å². The highest BCUT2D eigenvalue weighted by Gasteiger charge is 2.14. The molecule has 0 aliphatic rings. The van der Waals surface area contributed by atoms with Crippen molar-refractivity contribution in [2.75, 3.05) is 19.5 Å². The van der Waals surface area contributed by atoms with Crippen LogP contribution in [0.1, 0.15) is 16.1 Å². The number of rotatable bonds is 7. The van der Waals surface area contributed by atoms with E-state index in [9.17, 15) is 9.59 Å². The van der Waals surface area contributed by atoms with Gasteiger partial charge < -0.3 is 9.47 Å². The van der Waals surface area contributed by atoms with Gasteiger partial charge in [0.2, 0.25) is 0 Å². The summed E-state index contributed by atoms with van der Waals surface area (Å²) < 4.78 is 11.9. The fraction of sp³-hybridized carbons (Fsp3) is 0.130. The zero-order valence-electron chi connectivity index (χ0n) is 17.4. The van der Waals surface area contributed by atoms with Crippen LogP contribution in [0.2, 0.25) is 0 Å². The average Bonchev–Trinajstić information content (AvgIpc) is 3.29. The second-order valence-corrected chi connectivity index (χ2v) is 7.62. The third kappa shape index (κ3) is 4.68. The molecule has 0 fully saturated rings. The minimum Gasteiger partial charge on any atom is -0.493 e. The van der Waals surface area contributed by atoms with E-state index in [4.69, 9.17) is 9.47 Å². The Kier molecular flexibility index (Phi) is 6.27. The van der Waals surface area contributed by atoms with Gasteiger partial charge in [-0.15, -0.1) is 11.3 Å². The molecule has 0 radical (unpaired) electrons. The number of hydrogen-bond donors (Lipinski definition) is 1. The number of amides is 1. The molecular formula is C23H20N4O4S. The standard InChI is InChI=1S/C23H20N4O4S/c1-30-19-10-8-16(12-20(19)31-2)18-14-32-23(24-18)25-22(29)17-9-11-21(28)27(26-17)13-15-6-4-3-5-7-15/h3-12,14H,13H2,1-2H3,(H,24,25,29). The molecule has 4 aromatic rings. The maximum Gasteiger partial charge on any atom is 0.277 e. The third-order valence-electron chi connectivity index (χ3n) is 4.68. The quantitative estimate of drug-likeness (QED) is 0.463. The van der Waals surface area contributed by atoms with Crippen molar-refractivity contribution in [3.63, 3.8) is 0 Å². The molecule has 0 aliphatic carbocycles. The zero-order valence-corrected chi connectivity index (χ0v) is 18.3. The zero-order chi connectivity index (χ0) is 22.5. The lowest BCUT2D eigenvalue weighted by Crippen LogP contribution is -2.26. The Balaban J connectivity index is 1.51. The summed E-state index contributed by atoms with van der Waals surface area (Å²) in [6.45, 7) is 0.279. The van der Waals surface area contributed by atoms with Gasteiger partial charge in [0.05, 0.1) is 26.5 Å². The topological polar surface area (TPSA) is 95.3 Å². The van der Waals surface area contributed by atoms with E-state index in [-0.39, 0.29) is 17.8 Å². The van der Waals surface area contributed by atoms with Gasteiger partial charge in [0.1, 0.15) is 5.69 Å². The number of carbonyl (C=O) groups excluding carboxylic acids is 1. The largest absolute Gasteiger partial charge is 0.493 e. The fourth-order valence-electron chi connectivity index (χ4n) is 3.06. The van der Waals surface area contributed by atoms with Crippen molar-refractivity contribution in [3.8, 4) is 22.8 Å². The number of thiazole rings is 1. The first kappa shape index (κ1) is 21.3. The van der Waals surface area contributed by atoms with Crippen LogP contribution in [-0.2, 0) is 6.54 Å². The molecule has 0 saturated carbocycles. The molecule has 4 rings (SSSR count). The number of anilines is 1. The molecule has 0 atom stereocenters. The maximum absolute atomic E-state index is 12.7. The van der Waals surface area contributed by atoms with Crippen molar-refractivity contribution in [2.45, 2.75) is 6.54 Å². The summed E-state index contributed by atoms with van der Waals surface area (Å²) in [7, 11) is 3.14. The van der Waals surface area contributed by atoms with E-state index in [1.165, 1.54) is 28.2 Å². The van der Waals surface area contributed by atoms with Gasteiger partial charge in [0.25, 0.3) is 11.5 Å². The third-order valence-corrected chi connectivity index (χ3v) is 5.44. The predicted octanol–water partition coefficient (Wildman–Crippen LogP) is 3.68. The van der Waals surface area contributed by atoms with Crippen LogP contribution in [0.3, 0.4) is 0 Å². The predicted molar refractivity (Wildman–Crippen MR) is 123 cm³/mol. The van der Waals surface area contributed by atoms with E-state index in [1.54, 1.807) is 20.3 Å². The van der Waals surface area contributed by atoms with Crippen molar-refractivity contribution >= 4 is 22.4 Å². The first-order valence-electron chi connectivity index (χ1n) is 9.69. The van der Waals surface area contributed by atoms with Crippen LogP contribution in [0, 0.1) is 0 Å². The van der Waals surface area contributed by atoms with Crippen LogP contribution in [0.4, 0.5) is 5.13 Å². The number of ether oxygens (including phenoxy) is 2. The molecule has 8 nitrogen and oxygen atoms in total. The Labute approximate surface area is 188 Å². The van der Waals surface area contributed by atoms with Gasteiger partial charge in [-0.2, -0.15) is 5.10 Å². The molecule has 32 heavy (non-hydrogen) atoms. The molecule has 1 amide bonds. The highest BCUT2D eigenvalue weighted by molar-refractivity contribution is 7.14. The summed E-state index contributed by atoms with van der Waals surface area (Å²) in [5.74, 6) is 0.769. The lowest BCUT2D eigenvalue weighted by Gasteiger charge is -2.08. The monoisotopic (exact) mass is 448 g/mol. The fourth-order valence-corrected chi connectivity index (χ4v) is 3.77. The first-order chi connectivity index (χ1) is 15.6. The van der Waals surface area contributed by atoms with E-state index in [0.717, 1.165) is 11.1 Å². The van der Waals surface area contributed by atoms with E-state index >= 15 is 0 Å². The first-order valence-corrected chi connectivity index (χ1v) is 10.6. The normalized spacial score (nSPS) is 10.6. The van der Waals surface area contributed by atoms with Crippen molar-refractivity contribution in [1.82, 2.24) is 14.8 Å². The van der Waals surface area contributed by atoms with Crippen LogP contribution in [0.5, 0.6) is 11.5 Å². The number of nitrogens with one attached hydrogen (secondary N) is 1. The van der Waals surface area contributed by atoms with Gasteiger partial charge in [-0.3, -0.25) is 14.9 Å². The van der Waals surface area contributed by atoms with Crippen LogP contribution in [-0.4, -0.2) is 34.9 Å². The molecule has 9 heteroatoms. The van der Waals surface area contributed by atoms with Crippen LogP contribution < -0.4 is 20.3 Å². The summed E-state index contributed by atoms with van der Waals surface area (Å²) in [4.78, 5) is 29.3. The number of hydrogen-bond acceptors (Lipinski definition) is 7. The van der Waals surface area contributed by atoms with Crippen molar-refractivity contribution in [2.24, 2.45) is 0 Å². The molecule has 1 N–H and O–H groups in total. The molecular weight excluding hydrogens is 428 g/mol. The van der Waals surface area contributed by atoms with E-state index in [2.05, 4.69) is 15.4 Å². The Bertz CT molecular complexity index is 1300. The highest BCUT2D eigenvalue weighted by atomic mass is 32.1. The summed E-state index contributed by atoms with van der Waals surface area (Å²) in [5, 5.41) is 9.21. The highest BCUT2D eigenvalue weighted by Crippen LogP contribution is 2.33. The summed E-state index contributed by atoms with van der Waals surface area (Å²) in [5.41, 5.74) is 2.28. The van der Waals surface area contributed by atoms with Crippen LogP contribution >= 0.6 is 11.3 Å². The van der Waals surface area contributed by atoms with Crippen LogP contribution in [0.25, 0.3) is 11.3 Å². The lowest BCUT2D eigenvalue weighted by molar-refractivity contribution is 0.102. The molecule has 0 saturated heterocycles. The minimum atomic E-state index is -0.444.